The molecule has 1 aliphatic carbocycles. The van der Waals surface area contributed by atoms with Crippen LogP contribution in [0.4, 0.5) is 22.0 Å². The average Bonchev–Trinajstić information content (AvgIpc) is 3.20. The Kier molecular flexibility index (Phi) is 6.97. The van der Waals surface area contributed by atoms with Crippen LogP contribution in [-0.4, -0.2) is 53.7 Å². The van der Waals surface area contributed by atoms with Gasteiger partial charge in [0.1, 0.15) is 17.9 Å². The number of halogens is 6. The molecule has 1 aromatic carbocycles. The van der Waals surface area contributed by atoms with Crippen LogP contribution in [0.15, 0.2) is 28.7 Å². The summed E-state index contributed by atoms with van der Waals surface area (Å²) in [6, 6.07) is 4.58. The Morgan fingerprint density at radius 3 is 2.50 bits per heavy atom. The highest BCUT2D eigenvalue weighted by molar-refractivity contribution is 6.30. The zero-order valence-electron chi connectivity index (χ0n) is 17.4. The number of hydrogen-bond acceptors (Lipinski definition) is 7. The summed E-state index contributed by atoms with van der Waals surface area (Å²) >= 11 is 5.75. The number of hydrogen-bond donors (Lipinski definition) is 1. The number of benzene rings is 1. The highest BCUT2D eigenvalue weighted by Gasteiger charge is 2.49. The second-order valence-electron chi connectivity index (χ2n) is 7.98. The molecule has 1 aliphatic heterocycles. The standard InChI is InChI=1S/C20H19ClF5N3O5/c21-11-1-3-12(4-2-11)31-9-16(30)27-15-8-32-14(7-19(15,22)23)18-29-28-17(33-18)10-5-13(6-10)34-20(24,25)26/h1-4,10,13-15H,5-9H2,(H,27,30)/t10-,13+,14-,15-/m1/s1. The normalized spacial score (nSPS) is 26.5. The molecule has 1 saturated heterocycles. The first-order valence-corrected chi connectivity index (χ1v) is 10.6. The van der Waals surface area contributed by atoms with Crippen LogP contribution < -0.4 is 10.1 Å². The van der Waals surface area contributed by atoms with Crippen molar-refractivity contribution >= 4 is 17.5 Å². The molecule has 14 heteroatoms. The minimum atomic E-state index is -4.73. The van der Waals surface area contributed by atoms with E-state index in [4.69, 9.17) is 25.5 Å². The highest BCUT2D eigenvalue weighted by Crippen LogP contribution is 2.42. The first-order chi connectivity index (χ1) is 16.0. The smallest absolute Gasteiger partial charge is 0.484 e. The van der Waals surface area contributed by atoms with Crippen molar-refractivity contribution in [2.45, 2.75) is 55.7 Å². The summed E-state index contributed by atoms with van der Waals surface area (Å²) in [7, 11) is 0. The van der Waals surface area contributed by atoms with Crippen LogP contribution in [0.1, 0.15) is 43.1 Å². The molecular formula is C20H19ClF5N3O5. The van der Waals surface area contributed by atoms with E-state index >= 15 is 0 Å². The van der Waals surface area contributed by atoms with Crippen molar-refractivity contribution in [3.8, 4) is 5.75 Å². The van der Waals surface area contributed by atoms with E-state index in [0.29, 0.717) is 10.8 Å². The first kappa shape index (κ1) is 24.6. The Bertz CT molecular complexity index is 997. The molecule has 0 bridgehead atoms. The van der Waals surface area contributed by atoms with E-state index in [9.17, 15) is 26.7 Å². The molecule has 2 heterocycles. The van der Waals surface area contributed by atoms with Crippen LogP contribution in [0.2, 0.25) is 5.02 Å². The Hall–Kier alpha value is -2.51. The van der Waals surface area contributed by atoms with Crippen LogP contribution in [-0.2, 0) is 14.3 Å². The third-order valence-corrected chi connectivity index (χ3v) is 5.68. The Labute approximate surface area is 194 Å². The van der Waals surface area contributed by atoms with Crippen LogP contribution >= 0.6 is 11.6 Å². The molecule has 0 unspecified atom stereocenters. The van der Waals surface area contributed by atoms with Crippen molar-refractivity contribution in [2.75, 3.05) is 13.2 Å². The van der Waals surface area contributed by atoms with Crippen molar-refractivity contribution in [1.29, 1.82) is 0 Å². The number of amides is 1. The maximum atomic E-state index is 14.7. The van der Waals surface area contributed by atoms with Gasteiger partial charge in [-0.2, -0.15) is 0 Å². The lowest BCUT2D eigenvalue weighted by Gasteiger charge is -2.35. The molecule has 1 N–H and O–H groups in total. The number of nitrogens with zero attached hydrogens (tertiary/aromatic N) is 2. The maximum absolute atomic E-state index is 14.7. The quantitative estimate of drug-likeness (QED) is 0.557. The molecule has 34 heavy (non-hydrogen) atoms. The molecule has 1 amide bonds. The summed E-state index contributed by atoms with van der Waals surface area (Å²) in [4.78, 5) is 12.0. The van der Waals surface area contributed by atoms with Crippen molar-refractivity contribution < 1.29 is 45.4 Å². The van der Waals surface area contributed by atoms with Gasteiger partial charge in [-0.3, -0.25) is 9.53 Å². The number of alkyl halides is 5. The molecule has 0 spiro atoms. The molecule has 2 atom stereocenters. The second-order valence-corrected chi connectivity index (χ2v) is 8.42. The molecule has 186 valence electrons. The van der Waals surface area contributed by atoms with Gasteiger partial charge in [-0.15, -0.1) is 23.4 Å². The Morgan fingerprint density at radius 2 is 1.85 bits per heavy atom. The number of rotatable bonds is 7. The molecule has 1 saturated carbocycles. The fourth-order valence-corrected chi connectivity index (χ4v) is 3.72. The van der Waals surface area contributed by atoms with Gasteiger partial charge in [0.25, 0.3) is 11.8 Å². The molecule has 0 radical (unpaired) electrons. The fourth-order valence-electron chi connectivity index (χ4n) is 3.60. The molecule has 2 aromatic rings. The van der Waals surface area contributed by atoms with E-state index in [1.165, 1.54) is 12.1 Å². The summed E-state index contributed by atoms with van der Waals surface area (Å²) in [5.41, 5.74) is 0. The molecular weight excluding hydrogens is 493 g/mol. The van der Waals surface area contributed by atoms with Crippen LogP contribution in [0.5, 0.6) is 5.75 Å². The highest BCUT2D eigenvalue weighted by atomic mass is 35.5. The zero-order valence-corrected chi connectivity index (χ0v) is 18.1. The van der Waals surface area contributed by atoms with Gasteiger partial charge in [0.05, 0.1) is 12.7 Å². The lowest BCUT2D eigenvalue weighted by atomic mass is 9.82. The van der Waals surface area contributed by atoms with Gasteiger partial charge >= 0.3 is 6.36 Å². The third kappa shape index (κ3) is 6.13. The predicted molar refractivity (Wildman–Crippen MR) is 104 cm³/mol. The Balaban J connectivity index is 1.26. The second kappa shape index (κ2) is 9.62. The molecule has 4 rings (SSSR count). The van der Waals surface area contributed by atoms with Crippen LogP contribution in [0.3, 0.4) is 0 Å². The lowest BCUT2D eigenvalue weighted by Crippen LogP contribution is -2.55. The fraction of sp³-hybridized carbons (Fsp3) is 0.550. The van der Waals surface area contributed by atoms with Crippen molar-refractivity contribution in [3.63, 3.8) is 0 Å². The number of carbonyl (C=O) groups excluding carboxylic acids is 1. The number of nitrogens with one attached hydrogen (secondary N) is 1. The van der Waals surface area contributed by atoms with Crippen molar-refractivity contribution in [2.24, 2.45) is 0 Å². The van der Waals surface area contributed by atoms with Crippen LogP contribution in [0, 0.1) is 0 Å². The SMILES string of the molecule is O=C(COc1ccc(Cl)cc1)N[C@@H]1CO[C@@H](c2nnc([C@H]3C[C@@H](OC(F)(F)F)C3)o2)CC1(F)F. The number of aromatic nitrogens is 2. The van der Waals surface area contributed by atoms with Gasteiger partial charge in [-0.25, -0.2) is 8.78 Å². The molecule has 8 nitrogen and oxygen atoms in total. The monoisotopic (exact) mass is 511 g/mol. The lowest BCUT2D eigenvalue weighted by molar-refractivity contribution is -0.352. The zero-order chi connectivity index (χ0) is 24.5. The summed E-state index contributed by atoms with van der Waals surface area (Å²) in [6.07, 6.45) is -7.75. The number of carbonyl (C=O) groups is 1. The topological polar surface area (TPSA) is 95.7 Å². The summed E-state index contributed by atoms with van der Waals surface area (Å²) < 4.78 is 85.9. The third-order valence-electron chi connectivity index (χ3n) is 5.43. The largest absolute Gasteiger partial charge is 0.522 e. The van der Waals surface area contributed by atoms with E-state index in [2.05, 4.69) is 20.3 Å². The van der Waals surface area contributed by atoms with E-state index in [0.717, 1.165) is 0 Å². The van der Waals surface area contributed by atoms with Gasteiger partial charge in [-0.1, -0.05) is 11.6 Å². The van der Waals surface area contributed by atoms with E-state index < -0.39 is 62.0 Å². The van der Waals surface area contributed by atoms with Gasteiger partial charge in [0.2, 0.25) is 11.8 Å². The molecule has 1 aromatic heterocycles. The minimum absolute atomic E-state index is 0.0228. The van der Waals surface area contributed by atoms with Gasteiger partial charge in [-0.05, 0) is 37.1 Å². The van der Waals surface area contributed by atoms with Crippen LogP contribution in [0.25, 0.3) is 0 Å². The van der Waals surface area contributed by atoms with E-state index in [-0.39, 0.29) is 24.6 Å². The van der Waals surface area contributed by atoms with Gasteiger partial charge in [0.15, 0.2) is 6.61 Å². The predicted octanol–water partition coefficient (Wildman–Crippen LogP) is 4.17. The summed E-state index contributed by atoms with van der Waals surface area (Å²) in [5, 5.41) is 10.1. The van der Waals surface area contributed by atoms with E-state index in [1.54, 1.807) is 12.1 Å². The van der Waals surface area contributed by atoms with Crippen molar-refractivity contribution in [1.82, 2.24) is 15.5 Å². The first-order valence-electron chi connectivity index (χ1n) is 10.2. The van der Waals surface area contributed by atoms with Crippen molar-refractivity contribution in [3.05, 3.63) is 41.1 Å². The Morgan fingerprint density at radius 1 is 1.18 bits per heavy atom. The van der Waals surface area contributed by atoms with Gasteiger partial charge < -0.3 is 19.2 Å². The van der Waals surface area contributed by atoms with E-state index in [1.807, 2.05) is 0 Å². The molecule has 2 fully saturated rings. The number of ether oxygens (including phenoxy) is 3. The maximum Gasteiger partial charge on any atom is 0.522 e. The average molecular weight is 512 g/mol. The summed E-state index contributed by atoms with van der Waals surface area (Å²) in [6.45, 7) is -1.00. The summed E-state index contributed by atoms with van der Waals surface area (Å²) in [5.74, 6) is -4.38. The molecule has 2 aliphatic rings. The van der Waals surface area contributed by atoms with Gasteiger partial charge in [0, 0.05) is 17.4 Å². The minimum Gasteiger partial charge on any atom is -0.484 e.